The van der Waals surface area contributed by atoms with Crippen molar-refractivity contribution >= 4 is 11.7 Å². The fourth-order valence-electron chi connectivity index (χ4n) is 3.19. The van der Waals surface area contributed by atoms with Crippen LogP contribution in [0.15, 0.2) is 54.7 Å². The molecule has 0 aliphatic carbocycles. The number of aromatic nitrogens is 1. The van der Waals surface area contributed by atoms with Crippen molar-refractivity contribution in [3.8, 4) is 6.07 Å². The van der Waals surface area contributed by atoms with E-state index >= 15 is 0 Å². The van der Waals surface area contributed by atoms with Gasteiger partial charge < -0.3 is 4.90 Å². The SMILES string of the molecule is N#C[C@H](C(=O)C1CCN(C(=O)c2ccccc2)CC1)c1ccccn1. The van der Waals surface area contributed by atoms with Crippen molar-refractivity contribution in [2.45, 2.75) is 18.8 Å². The fraction of sp³-hybridized carbons (Fsp3) is 0.300. The number of carbonyl (C=O) groups is 2. The molecular weight excluding hydrogens is 314 g/mol. The first kappa shape index (κ1) is 16.8. The summed E-state index contributed by atoms with van der Waals surface area (Å²) in [4.78, 5) is 31.1. The molecule has 0 saturated carbocycles. The molecule has 1 aromatic heterocycles. The van der Waals surface area contributed by atoms with Crippen LogP contribution in [0.1, 0.15) is 34.8 Å². The number of benzene rings is 1. The smallest absolute Gasteiger partial charge is 0.253 e. The highest BCUT2D eigenvalue weighted by Crippen LogP contribution is 2.26. The molecule has 1 aliphatic rings. The summed E-state index contributed by atoms with van der Waals surface area (Å²) >= 11 is 0. The summed E-state index contributed by atoms with van der Waals surface area (Å²) in [5, 5.41) is 9.39. The van der Waals surface area contributed by atoms with Crippen LogP contribution in [0.25, 0.3) is 0 Å². The van der Waals surface area contributed by atoms with E-state index in [1.54, 1.807) is 41.4 Å². The van der Waals surface area contributed by atoms with E-state index in [1.807, 2.05) is 18.2 Å². The number of hydrogen-bond donors (Lipinski definition) is 0. The van der Waals surface area contributed by atoms with Crippen LogP contribution in [0.3, 0.4) is 0 Å². The molecule has 1 aromatic carbocycles. The second-order valence-corrected chi connectivity index (χ2v) is 6.15. The zero-order chi connectivity index (χ0) is 17.6. The molecule has 5 nitrogen and oxygen atoms in total. The number of nitriles is 1. The van der Waals surface area contributed by atoms with Gasteiger partial charge in [-0.15, -0.1) is 0 Å². The van der Waals surface area contributed by atoms with E-state index in [0.29, 0.717) is 37.2 Å². The van der Waals surface area contributed by atoms with Gasteiger partial charge in [-0.2, -0.15) is 5.26 Å². The molecule has 0 N–H and O–H groups in total. The van der Waals surface area contributed by atoms with Crippen LogP contribution in [-0.4, -0.2) is 34.7 Å². The van der Waals surface area contributed by atoms with Crippen LogP contribution in [0.4, 0.5) is 0 Å². The van der Waals surface area contributed by atoms with Crippen molar-refractivity contribution in [3.05, 3.63) is 66.0 Å². The lowest BCUT2D eigenvalue weighted by Gasteiger charge is -2.32. The molecule has 0 unspecified atom stereocenters. The van der Waals surface area contributed by atoms with E-state index in [2.05, 4.69) is 11.1 Å². The Balaban J connectivity index is 1.63. The molecule has 1 saturated heterocycles. The second-order valence-electron chi connectivity index (χ2n) is 6.15. The minimum absolute atomic E-state index is 0.00643. The van der Waals surface area contributed by atoms with E-state index < -0.39 is 5.92 Å². The van der Waals surface area contributed by atoms with Gasteiger partial charge in [0.25, 0.3) is 5.91 Å². The highest BCUT2D eigenvalue weighted by atomic mass is 16.2. The van der Waals surface area contributed by atoms with Crippen molar-refractivity contribution in [2.24, 2.45) is 5.92 Å². The molecule has 2 aromatic rings. The predicted molar refractivity (Wildman–Crippen MR) is 92.7 cm³/mol. The molecule has 1 aliphatic heterocycles. The number of ketones is 1. The van der Waals surface area contributed by atoms with Gasteiger partial charge in [-0.1, -0.05) is 24.3 Å². The summed E-state index contributed by atoms with van der Waals surface area (Å²) < 4.78 is 0. The second kappa shape index (κ2) is 7.71. The van der Waals surface area contributed by atoms with E-state index in [9.17, 15) is 14.9 Å². The number of nitrogens with zero attached hydrogens (tertiary/aromatic N) is 3. The third-order valence-corrected chi connectivity index (χ3v) is 4.60. The van der Waals surface area contributed by atoms with Gasteiger partial charge >= 0.3 is 0 Å². The van der Waals surface area contributed by atoms with Gasteiger partial charge in [0.15, 0.2) is 5.78 Å². The van der Waals surface area contributed by atoms with E-state index in [-0.39, 0.29) is 17.6 Å². The van der Waals surface area contributed by atoms with E-state index in [1.165, 1.54) is 0 Å². The zero-order valence-corrected chi connectivity index (χ0v) is 13.8. The number of rotatable bonds is 4. The number of pyridine rings is 1. The first-order valence-electron chi connectivity index (χ1n) is 8.39. The minimum atomic E-state index is -0.831. The van der Waals surface area contributed by atoms with Gasteiger partial charge in [0.2, 0.25) is 0 Å². The molecule has 5 heteroatoms. The molecule has 1 fully saturated rings. The van der Waals surface area contributed by atoms with Crippen LogP contribution < -0.4 is 0 Å². The minimum Gasteiger partial charge on any atom is -0.339 e. The highest BCUT2D eigenvalue weighted by molar-refractivity contribution is 5.94. The average Bonchev–Trinajstić information content (AvgIpc) is 2.69. The first-order chi connectivity index (χ1) is 12.2. The van der Waals surface area contributed by atoms with Crippen molar-refractivity contribution in [1.29, 1.82) is 5.26 Å². The number of amides is 1. The molecule has 1 amide bonds. The monoisotopic (exact) mass is 333 g/mol. The van der Waals surface area contributed by atoms with Crippen molar-refractivity contribution in [1.82, 2.24) is 9.88 Å². The maximum Gasteiger partial charge on any atom is 0.253 e. The molecule has 25 heavy (non-hydrogen) atoms. The lowest BCUT2D eigenvalue weighted by Crippen LogP contribution is -2.41. The molecule has 1 atom stereocenters. The number of hydrogen-bond acceptors (Lipinski definition) is 4. The maximum absolute atomic E-state index is 12.7. The van der Waals surface area contributed by atoms with Gasteiger partial charge in [0.05, 0.1) is 11.8 Å². The average molecular weight is 333 g/mol. The van der Waals surface area contributed by atoms with Gasteiger partial charge in [0, 0.05) is 30.8 Å². The lowest BCUT2D eigenvalue weighted by atomic mass is 9.84. The van der Waals surface area contributed by atoms with E-state index in [0.717, 1.165) is 0 Å². The Hall–Kier alpha value is -3.00. The highest BCUT2D eigenvalue weighted by Gasteiger charge is 2.33. The number of piperidine rings is 1. The molecule has 0 radical (unpaired) electrons. The molecule has 0 bridgehead atoms. The molecule has 126 valence electrons. The van der Waals surface area contributed by atoms with Crippen molar-refractivity contribution in [2.75, 3.05) is 13.1 Å². The van der Waals surface area contributed by atoms with Gasteiger partial charge in [0.1, 0.15) is 5.92 Å². The Morgan fingerprint density at radius 3 is 2.36 bits per heavy atom. The topological polar surface area (TPSA) is 74.1 Å². The third kappa shape index (κ3) is 3.74. The zero-order valence-electron chi connectivity index (χ0n) is 13.8. The van der Waals surface area contributed by atoms with Crippen LogP contribution in [-0.2, 0) is 4.79 Å². The normalized spacial score (nSPS) is 16.0. The number of Topliss-reactive ketones (excluding diaryl/α,β-unsaturated/α-hetero) is 1. The molecule has 2 heterocycles. The standard InChI is InChI=1S/C20H19N3O2/c21-14-17(18-8-4-5-11-22-18)19(24)15-9-12-23(13-10-15)20(25)16-6-2-1-3-7-16/h1-8,11,15,17H,9-10,12-13H2/t17-/m0/s1. The first-order valence-corrected chi connectivity index (χ1v) is 8.39. The Kier molecular flexibility index (Phi) is 5.20. The van der Waals surface area contributed by atoms with Crippen LogP contribution in [0.2, 0.25) is 0 Å². The Morgan fingerprint density at radius 2 is 1.76 bits per heavy atom. The summed E-state index contributed by atoms with van der Waals surface area (Å²) in [6.45, 7) is 1.06. The molecule has 0 spiro atoms. The van der Waals surface area contributed by atoms with Crippen LogP contribution in [0.5, 0.6) is 0 Å². The molecule has 3 rings (SSSR count). The van der Waals surface area contributed by atoms with Crippen LogP contribution in [0, 0.1) is 17.2 Å². The summed E-state index contributed by atoms with van der Waals surface area (Å²) in [6, 6.07) is 16.5. The van der Waals surface area contributed by atoms with Gasteiger partial charge in [-0.25, -0.2) is 0 Å². The Labute approximate surface area is 146 Å². The summed E-state index contributed by atoms with van der Waals surface area (Å²) in [7, 11) is 0. The largest absolute Gasteiger partial charge is 0.339 e. The van der Waals surface area contributed by atoms with Crippen molar-refractivity contribution in [3.63, 3.8) is 0 Å². The maximum atomic E-state index is 12.7. The van der Waals surface area contributed by atoms with E-state index in [4.69, 9.17) is 0 Å². The Morgan fingerprint density at radius 1 is 1.08 bits per heavy atom. The number of likely N-dealkylation sites (tertiary alicyclic amines) is 1. The third-order valence-electron chi connectivity index (χ3n) is 4.60. The van der Waals surface area contributed by atoms with Crippen molar-refractivity contribution < 1.29 is 9.59 Å². The molecular formula is C20H19N3O2. The van der Waals surface area contributed by atoms with Gasteiger partial charge in [-0.05, 0) is 37.1 Å². The van der Waals surface area contributed by atoms with Crippen LogP contribution >= 0.6 is 0 Å². The summed E-state index contributed by atoms with van der Waals surface area (Å²) in [5.74, 6) is -1.13. The summed E-state index contributed by atoms with van der Waals surface area (Å²) in [6.07, 6.45) is 2.76. The number of carbonyl (C=O) groups excluding carboxylic acids is 2. The quantitative estimate of drug-likeness (QED) is 0.862. The Bertz CT molecular complexity index is 776. The predicted octanol–water partition coefficient (Wildman–Crippen LogP) is 2.81. The van der Waals surface area contributed by atoms with Gasteiger partial charge in [-0.3, -0.25) is 14.6 Å². The lowest BCUT2D eigenvalue weighted by molar-refractivity contribution is -0.124. The fourth-order valence-corrected chi connectivity index (χ4v) is 3.19. The summed E-state index contributed by atoms with van der Waals surface area (Å²) in [5.41, 5.74) is 1.16.